The van der Waals surface area contributed by atoms with Crippen molar-refractivity contribution in [3.8, 4) is 5.75 Å². The van der Waals surface area contributed by atoms with E-state index in [0.29, 0.717) is 16.8 Å². The number of amides is 2. The van der Waals surface area contributed by atoms with Gasteiger partial charge in [-0.05, 0) is 12.1 Å². The van der Waals surface area contributed by atoms with Crippen LogP contribution in [-0.4, -0.2) is 41.6 Å². The highest BCUT2D eigenvalue weighted by atomic mass is 19.4. The van der Waals surface area contributed by atoms with E-state index in [1.54, 1.807) is 30.3 Å². The number of para-hydroxylation sites is 1. The summed E-state index contributed by atoms with van der Waals surface area (Å²) in [7, 11) is 1.45. The first-order chi connectivity index (χ1) is 13.2. The third kappa shape index (κ3) is 4.00. The normalized spacial score (nSPS) is 13.5. The third-order valence-corrected chi connectivity index (χ3v) is 4.36. The zero-order chi connectivity index (χ0) is 20.5. The third-order valence-electron chi connectivity index (χ3n) is 4.36. The molecule has 0 unspecified atom stereocenters. The Balaban J connectivity index is 1.70. The molecule has 1 aliphatic heterocycles. The number of benzene rings is 2. The van der Waals surface area contributed by atoms with Gasteiger partial charge in [0, 0.05) is 36.0 Å². The average molecular weight is 390 g/mol. The molecule has 8 heteroatoms. The molecule has 5 nitrogen and oxygen atoms in total. The van der Waals surface area contributed by atoms with E-state index in [1.807, 2.05) is 0 Å². The Bertz CT molecular complexity index is 905. The monoisotopic (exact) mass is 390 g/mol. The van der Waals surface area contributed by atoms with Gasteiger partial charge in [0.2, 0.25) is 5.91 Å². The first-order valence-electron chi connectivity index (χ1n) is 8.35. The molecule has 146 valence electrons. The van der Waals surface area contributed by atoms with E-state index < -0.39 is 12.3 Å². The molecule has 0 aromatic heterocycles. The highest BCUT2D eigenvalue weighted by Crippen LogP contribution is 2.31. The van der Waals surface area contributed by atoms with Gasteiger partial charge >= 0.3 is 6.36 Å². The van der Waals surface area contributed by atoms with Crippen LogP contribution in [0.2, 0.25) is 0 Å². The molecular formula is C20H17F3N2O3. The van der Waals surface area contributed by atoms with Gasteiger partial charge in [-0.25, -0.2) is 0 Å². The number of nitrogens with zero attached hydrogens (tertiary/aromatic N) is 2. The van der Waals surface area contributed by atoms with Crippen molar-refractivity contribution >= 4 is 17.5 Å². The van der Waals surface area contributed by atoms with Gasteiger partial charge in [0.05, 0.1) is 0 Å². The van der Waals surface area contributed by atoms with Gasteiger partial charge in [-0.3, -0.25) is 14.5 Å². The summed E-state index contributed by atoms with van der Waals surface area (Å²) < 4.78 is 41.6. The Morgan fingerprint density at radius 2 is 1.71 bits per heavy atom. The molecular weight excluding hydrogens is 373 g/mol. The topological polar surface area (TPSA) is 49.9 Å². The van der Waals surface area contributed by atoms with Gasteiger partial charge < -0.3 is 9.64 Å². The van der Waals surface area contributed by atoms with E-state index in [-0.39, 0.29) is 30.3 Å². The van der Waals surface area contributed by atoms with Crippen LogP contribution in [0.1, 0.15) is 21.5 Å². The Labute approximate surface area is 159 Å². The van der Waals surface area contributed by atoms with E-state index in [0.717, 1.165) is 0 Å². The second kappa shape index (κ2) is 7.38. The molecule has 0 fully saturated rings. The first-order valence-corrected chi connectivity index (χ1v) is 8.35. The van der Waals surface area contributed by atoms with Gasteiger partial charge in [0.25, 0.3) is 5.91 Å². The van der Waals surface area contributed by atoms with Gasteiger partial charge in [-0.1, -0.05) is 43.0 Å². The number of carbonyl (C=O) groups is 2. The van der Waals surface area contributed by atoms with Crippen LogP contribution in [0.15, 0.2) is 55.1 Å². The van der Waals surface area contributed by atoms with Crippen LogP contribution in [0.3, 0.4) is 0 Å². The highest BCUT2D eigenvalue weighted by Gasteiger charge is 2.34. The average Bonchev–Trinajstić information content (AvgIpc) is 2.87. The van der Waals surface area contributed by atoms with Crippen LogP contribution in [0.25, 0.3) is 5.70 Å². The summed E-state index contributed by atoms with van der Waals surface area (Å²) in [6.45, 7) is 3.50. The molecule has 0 bridgehead atoms. The summed E-state index contributed by atoms with van der Waals surface area (Å²) in [5.74, 6) is -1.14. The van der Waals surface area contributed by atoms with Gasteiger partial charge in [0.15, 0.2) is 0 Å². The number of carbonyl (C=O) groups excluding carboxylic acids is 2. The van der Waals surface area contributed by atoms with Crippen LogP contribution in [0.4, 0.5) is 13.2 Å². The SMILES string of the molecule is C=C1c2ccccc2C(=O)N1CC(=O)N(C)Cc1ccccc1OC(F)(F)F. The number of fused-ring (bicyclic) bond motifs is 1. The maximum Gasteiger partial charge on any atom is 0.573 e. The number of rotatable bonds is 5. The Morgan fingerprint density at radius 3 is 2.36 bits per heavy atom. The lowest BCUT2D eigenvalue weighted by Crippen LogP contribution is -2.37. The summed E-state index contributed by atoms with van der Waals surface area (Å²) in [4.78, 5) is 27.6. The molecule has 2 amide bonds. The molecule has 0 saturated heterocycles. The fraction of sp³-hybridized carbons (Fsp3) is 0.200. The van der Waals surface area contributed by atoms with E-state index >= 15 is 0 Å². The minimum absolute atomic E-state index is 0.105. The fourth-order valence-electron chi connectivity index (χ4n) is 2.96. The van der Waals surface area contributed by atoms with Gasteiger partial charge in [-0.15, -0.1) is 13.2 Å². The zero-order valence-electron chi connectivity index (χ0n) is 15.0. The van der Waals surface area contributed by atoms with E-state index in [9.17, 15) is 22.8 Å². The van der Waals surface area contributed by atoms with Gasteiger partial charge in [-0.2, -0.15) is 0 Å². The number of likely N-dealkylation sites (N-methyl/N-ethyl adjacent to an activating group) is 1. The quantitative estimate of drug-likeness (QED) is 0.783. The van der Waals surface area contributed by atoms with Crippen LogP contribution in [0, 0.1) is 0 Å². The predicted octanol–water partition coefficient (Wildman–Crippen LogP) is 3.67. The molecule has 0 atom stereocenters. The van der Waals surface area contributed by atoms with Crippen molar-refractivity contribution in [2.75, 3.05) is 13.6 Å². The van der Waals surface area contributed by atoms with Crippen LogP contribution in [-0.2, 0) is 11.3 Å². The summed E-state index contributed by atoms with van der Waals surface area (Å²) >= 11 is 0. The lowest BCUT2D eigenvalue weighted by Gasteiger charge is -2.23. The maximum absolute atomic E-state index is 12.6. The predicted molar refractivity (Wildman–Crippen MR) is 96.1 cm³/mol. The molecule has 1 aliphatic rings. The molecule has 0 N–H and O–H groups in total. The van der Waals surface area contributed by atoms with Crippen molar-refractivity contribution < 1.29 is 27.5 Å². The molecule has 2 aromatic rings. The molecule has 0 aliphatic carbocycles. The summed E-state index contributed by atoms with van der Waals surface area (Å²) in [5.41, 5.74) is 1.74. The Kier molecular flexibility index (Phi) is 5.13. The van der Waals surface area contributed by atoms with Crippen LogP contribution >= 0.6 is 0 Å². The minimum atomic E-state index is -4.83. The number of ether oxygens (including phenoxy) is 1. The van der Waals surface area contributed by atoms with E-state index in [1.165, 1.54) is 35.0 Å². The molecule has 28 heavy (non-hydrogen) atoms. The van der Waals surface area contributed by atoms with Crippen molar-refractivity contribution in [1.82, 2.24) is 9.80 Å². The zero-order valence-corrected chi connectivity index (χ0v) is 15.0. The lowest BCUT2D eigenvalue weighted by atomic mass is 10.1. The Morgan fingerprint density at radius 1 is 1.11 bits per heavy atom. The number of hydrogen-bond acceptors (Lipinski definition) is 3. The summed E-state index contributed by atoms with van der Waals surface area (Å²) in [5, 5.41) is 0. The minimum Gasteiger partial charge on any atom is -0.405 e. The largest absolute Gasteiger partial charge is 0.573 e. The lowest BCUT2D eigenvalue weighted by molar-refractivity contribution is -0.275. The molecule has 1 heterocycles. The maximum atomic E-state index is 12.6. The summed E-state index contributed by atoms with van der Waals surface area (Å²) in [6.07, 6.45) is -4.83. The van der Waals surface area contributed by atoms with Crippen LogP contribution in [0.5, 0.6) is 5.75 Å². The number of hydrogen-bond donors (Lipinski definition) is 0. The Hall–Kier alpha value is -3.29. The van der Waals surface area contributed by atoms with Crippen molar-refractivity contribution in [1.29, 1.82) is 0 Å². The van der Waals surface area contributed by atoms with E-state index in [4.69, 9.17) is 0 Å². The van der Waals surface area contributed by atoms with Crippen LogP contribution < -0.4 is 4.74 Å². The first kappa shape index (κ1) is 19.5. The number of halogens is 3. The smallest absolute Gasteiger partial charge is 0.405 e. The van der Waals surface area contributed by atoms with Crippen molar-refractivity contribution in [3.63, 3.8) is 0 Å². The van der Waals surface area contributed by atoms with Crippen molar-refractivity contribution in [2.45, 2.75) is 12.9 Å². The second-order valence-corrected chi connectivity index (χ2v) is 6.29. The standard InChI is InChI=1S/C20H17F3N2O3/c1-13-15-8-4-5-9-16(15)19(27)25(13)12-18(26)24(2)11-14-7-3-6-10-17(14)28-20(21,22)23/h3-10H,1,11-12H2,2H3. The summed E-state index contributed by atoms with van der Waals surface area (Å²) in [6, 6.07) is 12.5. The van der Waals surface area contributed by atoms with Crippen molar-refractivity contribution in [3.05, 3.63) is 71.8 Å². The second-order valence-electron chi connectivity index (χ2n) is 6.29. The van der Waals surface area contributed by atoms with E-state index in [2.05, 4.69) is 11.3 Å². The molecule has 0 spiro atoms. The number of alkyl halides is 3. The van der Waals surface area contributed by atoms with Crippen molar-refractivity contribution in [2.24, 2.45) is 0 Å². The molecule has 2 aromatic carbocycles. The molecule has 3 rings (SSSR count). The molecule has 0 saturated carbocycles. The van der Waals surface area contributed by atoms with Gasteiger partial charge in [0.1, 0.15) is 12.3 Å². The highest BCUT2D eigenvalue weighted by molar-refractivity contribution is 6.10. The molecule has 0 radical (unpaired) electrons. The fourth-order valence-corrected chi connectivity index (χ4v) is 2.96.